The van der Waals surface area contributed by atoms with Gasteiger partial charge in [0.05, 0.1) is 0 Å². The molecular formula is C10H20N4O. The number of nitrogens with zero attached hydrogens (tertiary/aromatic N) is 2. The van der Waals surface area contributed by atoms with Gasteiger partial charge in [-0.3, -0.25) is 4.79 Å². The predicted octanol–water partition coefficient (Wildman–Crippen LogP) is -0.00540. The highest BCUT2D eigenvalue weighted by Gasteiger charge is 2.15. The third kappa shape index (κ3) is 4.20. The van der Waals surface area contributed by atoms with Gasteiger partial charge in [-0.15, -0.1) is 0 Å². The van der Waals surface area contributed by atoms with Crippen molar-refractivity contribution in [3.8, 4) is 0 Å². The Hall–Kier alpha value is -1.23. The smallest absolute Gasteiger partial charge is 0.224 e. The van der Waals surface area contributed by atoms with E-state index in [2.05, 4.69) is 0 Å². The van der Waals surface area contributed by atoms with Crippen LogP contribution in [-0.4, -0.2) is 35.5 Å². The monoisotopic (exact) mass is 212 g/mol. The van der Waals surface area contributed by atoms with Gasteiger partial charge in [0.15, 0.2) is 0 Å². The summed E-state index contributed by atoms with van der Waals surface area (Å²) < 4.78 is 0. The molecule has 0 aromatic rings. The van der Waals surface area contributed by atoms with E-state index >= 15 is 0 Å². The number of hydrazine groups is 1. The van der Waals surface area contributed by atoms with Crippen molar-refractivity contribution in [3.05, 3.63) is 12.4 Å². The summed E-state index contributed by atoms with van der Waals surface area (Å²) in [6.45, 7) is 2.31. The predicted molar refractivity (Wildman–Crippen MR) is 59.3 cm³/mol. The minimum absolute atomic E-state index is 0.190. The number of piperidine rings is 1. The lowest BCUT2D eigenvalue weighted by Crippen LogP contribution is -2.38. The van der Waals surface area contributed by atoms with Crippen LogP contribution in [-0.2, 0) is 4.79 Å². The highest BCUT2D eigenvalue weighted by molar-refractivity contribution is 5.76. The largest absolute Gasteiger partial charge is 0.403 e. The Balaban J connectivity index is 2.22. The summed E-state index contributed by atoms with van der Waals surface area (Å²) in [5, 5.41) is 1.43. The Morgan fingerprint density at radius 2 is 2.00 bits per heavy atom. The third-order valence-corrected chi connectivity index (χ3v) is 2.57. The van der Waals surface area contributed by atoms with Crippen LogP contribution in [0.2, 0.25) is 0 Å². The molecule has 0 radical (unpaired) electrons. The summed E-state index contributed by atoms with van der Waals surface area (Å²) in [6.07, 6.45) is 6.87. The van der Waals surface area contributed by atoms with Crippen molar-refractivity contribution >= 4 is 5.91 Å². The maximum absolute atomic E-state index is 11.7. The first-order chi connectivity index (χ1) is 7.24. The van der Waals surface area contributed by atoms with Crippen LogP contribution < -0.4 is 11.6 Å². The van der Waals surface area contributed by atoms with Gasteiger partial charge in [0.2, 0.25) is 5.91 Å². The highest BCUT2D eigenvalue weighted by Crippen LogP contribution is 2.09. The van der Waals surface area contributed by atoms with Crippen molar-refractivity contribution in [1.29, 1.82) is 0 Å². The van der Waals surface area contributed by atoms with Crippen LogP contribution in [0.25, 0.3) is 0 Å². The van der Waals surface area contributed by atoms with Crippen molar-refractivity contribution in [2.75, 3.05) is 19.6 Å². The van der Waals surface area contributed by atoms with E-state index in [1.54, 1.807) is 6.20 Å². The number of nitrogens with two attached hydrogens (primary N) is 2. The van der Waals surface area contributed by atoms with Crippen LogP contribution >= 0.6 is 0 Å². The molecule has 1 rings (SSSR count). The molecule has 0 bridgehead atoms. The first-order valence-electron chi connectivity index (χ1n) is 5.41. The number of hydrogen-bond acceptors (Lipinski definition) is 4. The molecule has 5 heteroatoms. The van der Waals surface area contributed by atoms with Crippen molar-refractivity contribution in [3.63, 3.8) is 0 Å². The van der Waals surface area contributed by atoms with Crippen LogP contribution in [0.3, 0.4) is 0 Å². The molecule has 0 aromatic carbocycles. The molecule has 0 unspecified atom stereocenters. The molecule has 1 aliphatic heterocycles. The zero-order valence-corrected chi connectivity index (χ0v) is 9.06. The molecule has 1 heterocycles. The fraction of sp³-hybridized carbons (Fsp3) is 0.700. The molecule has 0 atom stereocenters. The Morgan fingerprint density at radius 1 is 1.33 bits per heavy atom. The van der Waals surface area contributed by atoms with Gasteiger partial charge >= 0.3 is 0 Å². The zero-order chi connectivity index (χ0) is 11.1. The van der Waals surface area contributed by atoms with E-state index in [9.17, 15) is 4.79 Å². The van der Waals surface area contributed by atoms with Crippen LogP contribution in [0.1, 0.15) is 25.7 Å². The number of likely N-dealkylation sites (tertiary alicyclic amines) is 1. The Bertz CT molecular complexity index is 223. The van der Waals surface area contributed by atoms with E-state index in [0.29, 0.717) is 13.0 Å². The molecule has 1 aliphatic rings. The van der Waals surface area contributed by atoms with Gasteiger partial charge in [-0.25, -0.2) is 5.84 Å². The van der Waals surface area contributed by atoms with Gasteiger partial charge in [-0.1, -0.05) is 0 Å². The fourth-order valence-electron chi connectivity index (χ4n) is 1.71. The van der Waals surface area contributed by atoms with Gasteiger partial charge in [0.1, 0.15) is 0 Å². The Labute approximate surface area is 90.7 Å². The van der Waals surface area contributed by atoms with Crippen molar-refractivity contribution in [1.82, 2.24) is 9.91 Å². The topological polar surface area (TPSA) is 75.6 Å². The molecule has 0 spiro atoms. The van der Waals surface area contributed by atoms with Gasteiger partial charge in [-0.05, 0) is 19.3 Å². The number of hydrogen-bond donors (Lipinski definition) is 2. The van der Waals surface area contributed by atoms with Crippen LogP contribution in [0.5, 0.6) is 0 Å². The maximum atomic E-state index is 11.7. The molecule has 5 nitrogen and oxygen atoms in total. The fourth-order valence-corrected chi connectivity index (χ4v) is 1.71. The third-order valence-electron chi connectivity index (χ3n) is 2.57. The molecule has 4 N–H and O–H groups in total. The van der Waals surface area contributed by atoms with E-state index in [-0.39, 0.29) is 5.91 Å². The normalized spacial score (nSPS) is 17.0. The first kappa shape index (κ1) is 11.8. The molecule has 0 saturated carbocycles. The van der Waals surface area contributed by atoms with E-state index in [0.717, 1.165) is 25.9 Å². The number of carbonyl (C=O) groups excluding carboxylic acids is 1. The van der Waals surface area contributed by atoms with E-state index in [4.69, 9.17) is 11.6 Å². The maximum Gasteiger partial charge on any atom is 0.224 e. The summed E-state index contributed by atoms with van der Waals surface area (Å²) in [7, 11) is 0. The molecular weight excluding hydrogens is 192 g/mol. The lowest BCUT2D eigenvalue weighted by Gasteiger charge is -2.27. The second-order valence-corrected chi connectivity index (χ2v) is 3.77. The summed E-state index contributed by atoms with van der Waals surface area (Å²) >= 11 is 0. The van der Waals surface area contributed by atoms with E-state index in [1.807, 2.05) is 4.90 Å². The Morgan fingerprint density at radius 3 is 2.60 bits per heavy atom. The van der Waals surface area contributed by atoms with Crippen molar-refractivity contribution < 1.29 is 4.79 Å². The van der Waals surface area contributed by atoms with Gasteiger partial charge in [0.25, 0.3) is 0 Å². The van der Waals surface area contributed by atoms with Crippen LogP contribution in [0.4, 0.5) is 0 Å². The minimum Gasteiger partial charge on any atom is -0.403 e. The molecule has 1 fully saturated rings. The minimum atomic E-state index is 0.190. The molecule has 0 aliphatic carbocycles. The molecule has 15 heavy (non-hydrogen) atoms. The highest BCUT2D eigenvalue weighted by atomic mass is 16.2. The molecule has 1 saturated heterocycles. The SMILES string of the molecule is N/C=C\N(N)CCC(=O)N1CCCCC1. The van der Waals surface area contributed by atoms with Crippen LogP contribution in [0.15, 0.2) is 12.4 Å². The van der Waals surface area contributed by atoms with Gasteiger partial charge < -0.3 is 15.6 Å². The second-order valence-electron chi connectivity index (χ2n) is 3.77. The standard InChI is InChI=1S/C10H20N4O/c11-5-9-14(12)8-4-10(15)13-6-2-1-3-7-13/h5,9H,1-4,6-8,11-12H2/b9-5-. The summed E-state index contributed by atoms with van der Waals surface area (Å²) in [4.78, 5) is 13.6. The average Bonchev–Trinajstić information content (AvgIpc) is 2.27. The van der Waals surface area contributed by atoms with Gasteiger partial charge in [0, 0.05) is 38.5 Å². The summed E-state index contributed by atoms with van der Waals surface area (Å²) in [5.41, 5.74) is 5.18. The summed E-state index contributed by atoms with van der Waals surface area (Å²) in [5.74, 6) is 5.75. The first-order valence-corrected chi connectivity index (χ1v) is 5.41. The summed E-state index contributed by atoms with van der Waals surface area (Å²) in [6, 6.07) is 0. The second kappa shape index (κ2) is 6.29. The molecule has 1 amide bonds. The zero-order valence-electron chi connectivity index (χ0n) is 9.06. The van der Waals surface area contributed by atoms with Crippen molar-refractivity contribution in [2.24, 2.45) is 11.6 Å². The van der Waals surface area contributed by atoms with Gasteiger partial charge in [-0.2, -0.15) is 0 Å². The van der Waals surface area contributed by atoms with E-state index in [1.165, 1.54) is 17.6 Å². The molecule has 86 valence electrons. The lowest BCUT2D eigenvalue weighted by molar-refractivity contribution is -0.132. The quantitative estimate of drug-likeness (QED) is 0.508. The molecule has 0 aromatic heterocycles. The number of amides is 1. The number of carbonyl (C=O) groups is 1. The van der Waals surface area contributed by atoms with Crippen molar-refractivity contribution in [2.45, 2.75) is 25.7 Å². The lowest BCUT2D eigenvalue weighted by atomic mass is 10.1. The number of rotatable bonds is 4. The van der Waals surface area contributed by atoms with Crippen LogP contribution in [0, 0.1) is 0 Å². The average molecular weight is 212 g/mol. The Kier molecular flexibility index (Phi) is 4.97. The van der Waals surface area contributed by atoms with E-state index < -0.39 is 0 Å².